The topological polar surface area (TPSA) is 55.1 Å². The number of thiol groups is 2. The van der Waals surface area contributed by atoms with Crippen molar-refractivity contribution < 1.29 is 4.79 Å². The van der Waals surface area contributed by atoms with Gasteiger partial charge < -0.3 is 11.1 Å². The number of carbonyl (C=O) groups excluding carboxylic acids is 1. The van der Waals surface area contributed by atoms with Crippen LogP contribution in [-0.2, 0) is 11.2 Å². The first-order valence-electron chi connectivity index (χ1n) is 5.91. The van der Waals surface area contributed by atoms with E-state index in [2.05, 4.69) is 30.6 Å². The van der Waals surface area contributed by atoms with Gasteiger partial charge in [0.1, 0.15) is 4.58 Å². The molecular weight excluding hydrogens is 264 g/mol. The number of hydrogen-bond donors (Lipinski definition) is 4. The Kier molecular flexibility index (Phi) is 6.05. The molecule has 0 radical (unpaired) electrons. The number of rotatable bonds is 5. The Balaban J connectivity index is 2.64. The fourth-order valence-corrected chi connectivity index (χ4v) is 1.83. The number of nitrogens with two attached hydrogens (primary N) is 1. The first-order valence-corrected chi connectivity index (χ1v) is 6.94. The molecule has 0 aliphatic heterocycles. The van der Waals surface area contributed by atoms with Crippen LogP contribution < -0.4 is 11.1 Å². The van der Waals surface area contributed by atoms with Gasteiger partial charge in [-0.25, -0.2) is 0 Å². The molecule has 1 rings (SSSR count). The van der Waals surface area contributed by atoms with Crippen molar-refractivity contribution in [2.45, 2.75) is 36.9 Å². The van der Waals surface area contributed by atoms with Crippen LogP contribution in [0.5, 0.6) is 0 Å². The average Bonchev–Trinajstić information content (AvgIpc) is 2.28. The molecule has 0 aliphatic rings. The number of hydrogen-bond acceptors (Lipinski definition) is 4. The van der Waals surface area contributed by atoms with Crippen LogP contribution in [0, 0.1) is 0 Å². The second kappa shape index (κ2) is 7.07. The maximum absolute atomic E-state index is 11.5. The van der Waals surface area contributed by atoms with Crippen LogP contribution in [-0.4, -0.2) is 16.5 Å². The van der Waals surface area contributed by atoms with Gasteiger partial charge >= 0.3 is 0 Å². The minimum absolute atomic E-state index is 0.0522. The van der Waals surface area contributed by atoms with E-state index in [1.807, 2.05) is 38.1 Å². The summed E-state index contributed by atoms with van der Waals surface area (Å²) in [4.78, 5) is 11.5. The quantitative estimate of drug-likeness (QED) is 0.493. The van der Waals surface area contributed by atoms with Gasteiger partial charge in [0.05, 0.1) is 6.04 Å². The second-order valence-corrected chi connectivity index (χ2v) is 5.97. The third kappa shape index (κ3) is 4.92. The van der Waals surface area contributed by atoms with Gasteiger partial charge in [-0.05, 0) is 31.4 Å². The maximum Gasteiger partial charge on any atom is 0.243 e. The fraction of sp³-hybridized carbons (Fsp3) is 0.462. The van der Waals surface area contributed by atoms with Crippen LogP contribution in [0.2, 0.25) is 0 Å². The Morgan fingerprint density at radius 1 is 1.28 bits per heavy atom. The molecule has 18 heavy (non-hydrogen) atoms. The monoisotopic (exact) mass is 284 g/mol. The molecule has 0 aromatic heterocycles. The van der Waals surface area contributed by atoms with Gasteiger partial charge in [-0.1, -0.05) is 24.3 Å². The Morgan fingerprint density at radius 2 is 1.83 bits per heavy atom. The van der Waals surface area contributed by atoms with E-state index >= 15 is 0 Å². The van der Waals surface area contributed by atoms with E-state index in [4.69, 9.17) is 5.73 Å². The molecule has 0 spiro atoms. The summed E-state index contributed by atoms with van der Waals surface area (Å²) in [6.07, 6.45) is 0.858. The molecule has 0 heterocycles. The lowest BCUT2D eigenvalue weighted by molar-refractivity contribution is -0.119. The van der Waals surface area contributed by atoms with Crippen LogP contribution >= 0.6 is 25.3 Å². The fourth-order valence-electron chi connectivity index (χ4n) is 1.69. The van der Waals surface area contributed by atoms with Gasteiger partial charge in [-0.3, -0.25) is 4.79 Å². The third-order valence-corrected chi connectivity index (χ3v) is 3.10. The number of carbonyl (C=O) groups is 1. The minimum atomic E-state index is -0.593. The van der Waals surface area contributed by atoms with E-state index in [0.29, 0.717) is 0 Å². The first kappa shape index (κ1) is 15.4. The van der Waals surface area contributed by atoms with Gasteiger partial charge in [0.25, 0.3) is 0 Å². The molecule has 0 saturated heterocycles. The summed E-state index contributed by atoms with van der Waals surface area (Å²) in [7, 11) is 0. The van der Waals surface area contributed by atoms with Crippen molar-refractivity contribution in [3.8, 4) is 0 Å². The molecule has 0 fully saturated rings. The molecule has 0 aliphatic carbocycles. The summed E-state index contributed by atoms with van der Waals surface area (Å²) in [5.74, 6) is -0.186. The average molecular weight is 284 g/mol. The minimum Gasteiger partial charge on any atom is -0.348 e. The van der Waals surface area contributed by atoms with Crippen molar-refractivity contribution in [2.75, 3.05) is 0 Å². The summed E-state index contributed by atoms with van der Waals surface area (Å²) in [6.45, 7) is 3.92. The van der Waals surface area contributed by atoms with E-state index in [1.165, 1.54) is 5.56 Å². The van der Waals surface area contributed by atoms with Crippen LogP contribution in [0.1, 0.15) is 31.0 Å². The largest absolute Gasteiger partial charge is 0.348 e. The number of amides is 1. The van der Waals surface area contributed by atoms with Crippen molar-refractivity contribution in [3.63, 3.8) is 0 Å². The van der Waals surface area contributed by atoms with Gasteiger partial charge in [-0.15, -0.1) is 0 Å². The molecule has 0 bridgehead atoms. The molecule has 1 unspecified atom stereocenters. The molecule has 100 valence electrons. The van der Waals surface area contributed by atoms with Crippen molar-refractivity contribution in [1.82, 2.24) is 5.32 Å². The highest BCUT2D eigenvalue weighted by Gasteiger charge is 2.13. The first-order chi connectivity index (χ1) is 8.40. The Bertz CT molecular complexity index is 390. The lowest BCUT2D eigenvalue weighted by Crippen LogP contribution is -2.31. The summed E-state index contributed by atoms with van der Waals surface area (Å²) in [6, 6.07) is 8.20. The standard InChI is InChI=1S/C13H20N2OS2/c1-8(14)7-10-3-5-11(6-4-10)9(2)15-12(16)13(17)18/h3-6,8-9,13,17-18H,7,14H2,1-2H3,(H,15,16)/t8-,9?/m1/s1. The van der Waals surface area contributed by atoms with E-state index < -0.39 is 4.58 Å². The highest BCUT2D eigenvalue weighted by atomic mass is 32.2. The molecule has 1 aromatic rings. The lowest BCUT2D eigenvalue weighted by atomic mass is 10.0. The molecule has 3 N–H and O–H groups in total. The summed E-state index contributed by atoms with van der Waals surface area (Å²) < 4.78 is -0.593. The van der Waals surface area contributed by atoms with Crippen LogP contribution in [0.25, 0.3) is 0 Å². The molecule has 2 atom stereocenters. The van der Waals surface area contributed by atoms with Crippen molar-refractivity contribution in [2.24, 2.45) is 5.73 Å². The molecule has 5 heteroatoms. The highest BCUT2D eigenvalue weighted by Crippen LogP contribution is 2.15. The van der Waals surface area contributed by atoms with Gasteiger partial charge in [0, 0.05) is 6.04 Å². The van der Waals surface area contributed by atoms with Crippen molar-refractivity contribution in [3.05, 3.63) is 35.4 Å². The second-order valence-electron chi connectivity index (χ2n) is 4.53. The molecule has 0 saturated carbocycles. The van der Waals surface area contributed by atoms with Gasteiger partial charge in [0.15, 0.2) is 0 Å². The summed E-state index contributed by atoms with van der Waals surface area (Å²) >= 11 is 7.94. The lowest BCUT2D eigenvalue weighted by Gasteiger charge is -2.16. The van der Waals surface area contributed by atoms with E-state index in [0.717, 1.165) is 12.0 Å². The van der Waals surface area contributed by atoms with Crippen LogP contribution in [0.4, 0.5) is 0 Å². The van der Waals surface area contributed by atoms with Crippen LogP contribution in [0.3, 0.4) is 0 Å². The maximum atomic E-state index is 11.5. The van der Waals surface area contributed by atoms with Crippen molar-refractivity contribution in [1.29, 1.82) is 0 Å². The molecule has 1 amide bonds. The van der Waals surface area contributed by atoms with E-state index in [1.54, 1.807) is 0 Å². The van der Waals surface area contributed by atoms with E-state index in [9.17, 15) is 4.79 Å². The molecule has 3 nitrogen and oxygen atoms in total. The SMILES string of the molecule is CC(NC(=O)C(S)S)c1ccc(C[C@@H](C)N)cc1. The van der Waals surface area contributed by atoms with Gasteiger partial charge in [-0.2, -0.15) is 25.3 Å². The Morgan fingerprint density at radius 3 is 2.28 bits per heavy atom. The predicted octanol–water partition coefficient (Wildman–Crippen LogP) is 1.94. The predicted molar refractivity (Wildman–Crippen MR) is 82.1 cm³/mol. The summed E-state index contributed by atoms with van der Waals surface area (Å²) in [5.41, 5.74) is 8.00. The van der Waals surface area contributed by atoms with E-state index in [-0.39, 0.29) is 18.0 Å². The highest BCUT2D eigenvalue weighted by molar-refractivity contribution is 8.00. The summed E-state index contributed by atoms with van der Waals surface area (Å²) in [5, 5.41) is 2.84. The zero-order valence-corrected chi connectivity index (χ0v) is 12.4. The molecule has 1 aromatic carbocycles. The number of nitrogens with one attached hydrogen (secondary N) is 1. The zero-order valence-electron chi connectivity index (χ0n) is 10.6. The Hall–Kier alpha value is -0.650. The normalized spacial score (nSPS) is 14.3. The number of benzene rings is 1. The Labute approximate surface area is 119 Å². The smallest absolute Gasteiger partial charge is 0.243 e. The van der Waals surface area contributed by atoms with Gasteiger partial charge in [0.2, 0.25) is 5.91 Å². The molecular formula is C13H20N2OS2. The van der Waals surface area contributed by atoms with Crippen molar-refractivity contribution >= 4 is 31.2 Å². The zero-order chi connectivity index (χ0) is 13.7. The van der Waals surface area contributed by atoms with Crippen LogP contribution in [0.15, 0.2) is 24.3 Å². The third-order valence-electron chi connectivity index (χ3n) is 2.63.